The Morgan fingerprint density at radius 2 is 1.78 bits per heavy atom. The van der Waals surface area contributed by atoms with Gasteiger partial charge < -0.3 is 10.1 Å². The molecule has 0 saturated carbocycles. The summed E-state index contributed by atoms with van der Waals surface area (Å²) < 4.78 is 43.8. The number of anilines is 1. The van der Waals surface area contributed by atoms with E-state index in [0.29, 0.717) is 11.6 Å². The van der Waals surface area contributed by atoms with Gasteiger partial charge in [0.15, 0.2) is 6.61 Å². The number of rotatable bonds is 6. The summed E-state index contributed by atoms with van der Waals surface area (Å²) in [5, 5.41) is 12.6. The molecule has 0 bridgehead atoms. The van der Waals surface area contributed by atoms with Crippen molar-refractivity contribution in [2.45, 2.75) is 12.6 Å². The van der Waals surface area contributed by atoms with Gasteiger partial charge in [0, 0.05) is 12.1 Å². The number of halogens is 3. The molecule has 142 valence electrons. The molecule has 0 heterocycles. The van der Waals surface area contributed by atoms with E-state index < -0.39 is 46.5 Å². The highest BCUT2D eigenvalue weighted by Crippen LogP contribution is 2.37. The van der Waals surface area contributed by atoms with Crippen molar-refractivity contribution in [2.24, 2.45) is 0 Å². The Hall–Kier alpha value is -3.43. The molecule has 0 fully saturated rings. The molecular weight excluding hydrogens is 369 g/mol. The number of nitro benzene ring substituents is 1. The number of hydrogen-bond donors (Lipinski definition) is 1. The summed E-state index contributed by atoms with van der Waals surface area (Å²) in [4.78, 5) is 33.1. The van der Waals surface area contributed by atoms with Crippen LogP contribution in [0.5, 0.6) is 0 Å². The Bertz CT molecular complexity index is 853. The maximum absolute atomic E-state index is 13.0. The smallest absolute Gasteiger partial charge is 0.418 e. The minimum absolute atomic E-state index is 0.0978. The SMILES string of the molecule is O=C(COC(=O)Cc1ccccc1)Nc1ccc([N+](=O)[O-])cc1C(F)(F)F. The molecule has 0 radical (unpaired) electrons. The van der Waals surface area contributed by atoms with Crippen LogP contribution in [0, 0.1) is 10.1 Å². The van der Waals surface area contributed by atoms with Crippen LogP contribution in [0.3, 0.4) is 0 Å². The van der Waals surface area contributed by atoms with Gasteiger partial charge in [0.05, 0.1) is 22.6 Å². The molecule has 0 aromatic heterocycles. The quantitative estimate of drug-likeness (QED) is 0.469. The third-order valence-corrected chi connectivity index (χ3v) is 3.35. The number of ether oxygens (including phenoxy) is 1. The van der Waals surface area contributed by atoms with E-state index in [1.165, 1.54) is 0 Å². The van der Waals surface area contributed by atoms with Crippen LogP contribution in [0.2, 0.25) is 0 Å². The lowest BCUT2D eigenvalue weighted by Gasteiger charge is -2.13. The molecular formula is C17H13F3N2O5. The first-order valence-corrected chi connectivity index (χ1v) is 7.52. The van der Waals surface area contributed by atoms with Crippen molar-refractivity contribution in [3.63, 3.8) is 0 Å². The number of carbonyl (C=O) groups excluding carboxylic acids is 2. The first kappa shape index (κ1) is 19.9. The highest BCUT2D eigenvalue weighted by Gasteiger charge is 2.35. The third-order valence-electron chi connectivity index (χ3n) is 3.35. The number of hydrogen-bond acceptors (Lipinski definition) is 5. The van der Waals surface area contributed by atoms with E-state index >= 15 is 0 Å². The lowest BCUT2D eigenvalue weighted by Crippen LogP contribution is -2.23. The lowest BCUT2D eigenvalue weighted by atomic mass is 10.1. The highest BCUT2D eigenvalue weighted by molar-refractivity contribution is 5.93. The van der Waals surface area contributed by atoms with Gasteiger partial charge in [0.25, 0.3) is 11.6 Å². The van der Waals surface area contributed by atoms with Crippen molar-refractivity contribution in [3.8, 4) is 0 Å². The van der Waals surface area contributed by atoms with Gasteiger partial charge in [-0.25, -0.2) is 0 Å². The van der Waals surface area contributed by atoms with Crippen LogP contribution in [0.25, 0.3) is 0 Å². The highest BCUT2D eigenvalue weighted by atomic mass is 19.4. The van der Waals surface area contributed by atoms with Gasteiger partial charge >= 0.3 is 12.1 Å². The maximum atomic E-state index is 13.0. The van der Waals surface area contributed by atoms with E-state index in [0.717, 1.165) is 12.1 Å². The van der Waals surface area contributed by atoms with Crippen molar-refractivity contribution >= 4 is 23.3 Å². The largest absolute Gasteiger partial charge is 0.455 e. The molecule has 2 rings (SSSR count). The van der Waals surface area contributed by atoms with Crippen LogP contribution in [0.4, 0.5) is 24.5 Å². The summed E-state index contributed by atoms with van der Waals surface area (Å²) in [6.07, 6.45) is -5.02. The zero-order chi connectivity index (χ0) is 20.0. The minimum atomic E-state index is -4.92. The second-order valence-electron chi connectivity index (χ2n) is 5.36. The molecule has 2 aromatic rings. The predicted octanol–water partition coefficient (Wildman–Crippen LogP) is 3.34. The van der Waals surface area contributed by atoms with Gasteiger partial charge in [-0.3, -0.25) is 19.7 Å². The van der Waals surface area contributed by atoms with Gasteiger partial charge in [0.2, 0.25) is 0 Å². The first-order valence-electron chi connectivity index (χ1n) is 7.52. The number of benzene rings is 2. The van der Waals surface area contributed by atoms with Crippen LogP contribution >= 0.6 is 0 Å². The van der Waals surface area contributed by atoms with E-state index in [9.17, 15) is 32.9 Å². The van der Waals surface area contributed by atoms with Crippen LogP contribution in [0.1, 0.15) is 11.1 Å². The molecule has 1 N–H and O–H groups in total. The number of esters is 1. The Morgan fingerprint density at radius 3 is 2.37 bits per heavy atom. The Kier molecular flexibility index (Phi) is 6.11. The van der Waals surface area contributed by atoms with E-state index in [1.54, 1.807) is 30.3 Å². The standard InChI is InChI=1S/C17H13F3N2O5/c18-17(19,20)13-9-12(22(25)26)6-7-14(13)21-15(23)10-27-16(24)8-11-4-2-1-3-5-11/h1-7,9H,8,10H2,(H,21,23). The van der Waals surface area contributed by atoms with Crippen LogP contribution in [-0.4, -0.2) is 23.4 Å². The van der Waals surface area contributed by atoms with E-state index in [4.69, 9.17) is 4.74 Å². The van der Waals surface area contributed by atoms with Crippen molar-refractivity contribution in [1.82, 2.24) is 0 Å². The summed E-state index contributed by atoms with van der Waals surface area (Å²) in [5.41, 5.74) is -2.16. The molecule has 0 aliphatic carbocycles. The van der Waals surface area contributed by atoms with Crippen LogP contribution in [0.15, 0.2) is 48.5 Å². The van der Waals surface area contributed by atoms with Crippen LogP contribution in [-0.2, 0) is 26.9 Å². The molecule has 0 saturated heterocycles. The van der Waals surface area contributed by atoms with Gasteiger partial charge in [0.1, 0.15) is 0 Å². The zero-order valence-corrected chi connectivity index (χ0v) is 13.7. The summed E-state index contributed by atoms with van der Waals surface area (Å²) in [7, 11) is 0. The molecule has 0 unspecified atom stereocenters. The van der Waals surface area contributed by atoms with E-state index in [1.807, 2.05) is 5.32 Å². The molecule has 0 aliphatic heterocycles. The summed E-state index contributed by atoms with van der Waals surface area (Å²) in [6, 6.07) is 10.4. The monoisotopic (exact) mass is 382 g/mol. The fourth-order valence-electron chi connectivity index (χ4n) is 2.14. The third kappa shape index (κ3) is 5.80. The first-order chi connectivity index (χ1) is 12.7. The summed E-state index contributed by atoms with van der Waals surface area (Å²) in [5.74, 6) is -1.73. The number of nitrogens with one attached hydrogen (secondary N) is 1. The molecule has 2 aromatic carbocycles. The molecule has 0 spiro atoms. The van der Waals surface area contributed by atoms with Crippen molar-refractivity contribution in [3.05, 3.63) is 69.8 Å². The number of nitro groups is 1. The Morgan fingerprint density at radius 1 is 1.11 bits per heavy atom. The van der Waals surface area contributed by atoms with Crippen molar-refractivity contribution in [1.29, 1.82) is 0 Å². The van der Waals surface area contributed by atoms with Crippen molar-refractivity contribution in [2.75, 3.05) is 11.9 Å². The second kappa shape index (κ2) is 8.30. The zero-order valence-electron chi connectivity index (χ0n) is 13.7. The fourth-order valence-corrected chi connectivity index (χ4v) is 2.14. The Labute approximate surface area is 150 Å². The summed E-state index contributed by atoms with van der Waals surface area (Å²) >= 11 is 0. The number of carbonyl (C=O) groups is 2. The molecule has 27 heavy (non-hydrogen) atoms. The van der Waals surface area contributed by atoms with Gasteiger partial charge in [-0.1, -0.05) is 30.3 Å². The normalized spacial score (nSPS) is 10.9. The topological polar surface area (TPSA) is 98.5 Å². The van der Waals surface area contributed by atoms with E-state index in [2.05, 4.69) is 0 Å². The summed E-state index contributed by atoms with van der Waals surface area (Å²) in [6.45, 7) is -0.792. The van der Waals surface area contributed by atoms with Gasteiger partial charge in [-0.15, -0.1) is 0 Å². The fraction of sp³-hybridized carbons (Fsp3) is 0.176. The average molecular weight is 382 g/mol. The molecule has 0 atom stereocenters. The predicted molar refractivity (Wildman–Crippen MR) is 87.8 cm³/mol. The molecule has 7 nitrogen and oxygen atoms in total. The molecule has 0 aliphatic rings. The Balaban J connectivity index is 2.00. The molecule has 10 heteroatoms. The second-order valence-corrected chi connectivity index (χ2v) is 5.36. The number of non-ortho nitro benzene ring substituents is 1. The minimum Gasteiger partial charge on any atom is -0.455 e. The van der Waals surface area contributed by atoms with Crippen LogP contribution < -0.4 is 5.32 Å². The molecule has 1 amide bonds. The number of nitrogens with zero attached hydrogens (tertiary/aromatic N) is 1. The van der Waals surface area contributed by atoms with Gasteiger partial charge in [-0.2, -0.15) is 13.2 Å². The maximum Gasteiger partial charge on any atom is 0.418 e. The van der Waals surface area contributed by atoms with E-state index in [-0.39, 0.29) is 6.42 Å². The number of alkyl halides is 3. The van der Waals surface area contributed by atoms with Crippen molar-refractivity contribution < 1.29 is 32.4 Å². The number of amides is 1. The average Bonchev–Trinajstić information content (AvgIpc) is 2.60. The lowest BCUT2D eigenvalue weighted by molar-refractivity contribution is -0.385. The van der Waals surface area contributed by atoms with Gasteiger partial charge in [-0.05, 0) is 11.6 Å².